The van der Waals surface area contributed by atoms with E-state index >= 15 is 0 Å². The number of carbonyl (C=O) groups is 2. The summed E-state index contributed by atoms with van der Waals surface area (Å²) in [6.07, 6.45) is -0.186. The zero-order valence-corrected chi connectivity index (χ0v) is 15.2. The number of ether oxygens (including phenoxy) is 3. The summed E-state index contributed by atoms with van der Waals surface area (Å²) in [5.41, 5.74) is 0.889. The van der Waals surface area contributed by atoms with Crippen molar-refractivity contribution < 1.29 is 23.8 Å². The maximum absolute atomic E-state index is 12.5. The minimum Gasteiger partial charge on any atom is -0.497 e. The smallest absolute Gasteiger partial charge is 0.338 e. The molecule has 1 N–H and O–H groups in total. The maximum Gasteiger partial charge on any atom is 0.338 e. The van der Waals surface area contributed by atoms with Gasteiger partial charge in [-0.15, -0.1) is 0 Å². The van der Waals surface area contributed by atoms with Gasteiger partial charge in [0.05, 0.1) is 19.3 Å². The van der Waals surface area contributed by atoms with Gasteiger partial charge in [-0.2, -0.15) is 0 Å². The Morgan fingerprint density at radius 3 is 2.46 bits per heavy atom. The lowest BCUT2D eigenvalue weighted by molar-refractivity contribution is -0.122. The van der Waals surface area contributed by atoms with Crippen LogP contribution in [0.25, 0.3) is 0 Å². The summed E-state index contributed by atoms with van der Waals surface area (Å²) in [6, 6.07) is 13.7. The van der Waals surface area contributed by atoms with Gasteiger partial charge in [0.25, 0.3) is 5.91 Å². The fourth-order valence-corrected chi connectivity index (χ4v) is 2.32. The van der Waals surface area contributed by atoms with Crippen LogP contribution in [0.15, 0.2) is 48.5 Å². The maximum atomic E-state index is 12.5. The minimum absolute atomic E-state index is 0.293. The number of benzene rings is 2. The number of carbonyl (C=O) groups excluding carboxylic acids is 2. The van der Waals surface area contributed by atoms with E-state index in [-0.39, 0.29) is 5.91 Å². The molecular formula is C20H23NO5. The molecule has 0 spiro atoms. The zero-order valence-electron chi connectivity index (χ0n) is 15.2. The van der Waals surface area contributed by atoms with Crippen molar-refractivity contribution in [2.45, 2.75) is 26.4 Å². The average molecular weight is 357 g/mol. The van der Waals surface area contributed by atoms with E-state index in [1.807, 2.05) is 6.92 Å². The molecule has 138 valence electrons. The molecule has 0 aliphatic heterocycles. The molecule has 0 bridgehead atoms. The second kappa shape index (κ2) is 9.46. The highest BCUT2D eigenvalue weighted by Gasteiger charge is 2.19. The second-order valence-corrected chi connectivity index (χ2v) is 5.48. The number of anilines is 1. The van der Waals surface area contributed by atoms with Crippen LogP contribution in [0.1, 0.15) is 30.6 Å². The number of amides is 1. The Morgan fingerprint density at radius 2 is 1.77 bits per heavy atom. The molecule has 1 atom stereocenters. The summed E-state index contributed by atoms with van der Waals surface area (Å²) in [5.74, 6) is 0.478. The molecule has 6 heteroatoms. The van der Waals surface area contributed by atoms with Gasteiger partial charge in [0, 0.05) is 11.8 Å². The van der Waals surface area contributed by atoms with Crippen LogP contribution in [-0.2, 0) is 9.53 Å². The quantitative estimate of drug-likeness (QED) is 0.730. The van der Waals surface area contributed by atoms with Gasteiger partial charge >= 0.3 is 5.97 Å². The molecule has 0 aromatic heterocycles. The molecule has 6 nitrogen and oxygen atoms in total. The van der Waals surface area contributed by atoms with Crippen LogP contribution < -0.4 is 14.8 Å². The highest BCUT2D eigenvalue weighted by molar-refractivity contribution is 5.96. The van der Waals surface area contributed by atoms with Crippen molar-refractivity contribution in [3.05, 3.63) is 54.1 Å². The fourth-order valence-electron chi connectivity index (χ4n) is 2.32. The lowest BCUT2D eigenvalue weighted by Gasteiger charge is -2.18. The number of rotatable bonds is 8. The van der Waals surface area contributed by atoms with Gasteiger partial charge < -0.3 is 19.5 Å². The summed E-state index contributed by atoms with van der Waals surface area (Å²) in [4.78, 5) is 24.3. The van der Waals surface area contributed by atoms with Crippen molar-refractivity contribution in [3.8, 4) is 11.5 Å². The van der Waals surface area contributed by atoms with E-state index in [4.69, 9.17) is 14.2 Å². The van der Waals surface area contributed by atoms with Crippen molar-refractivity contribution in [3.63, 3.8) is 0 Å². The first-order valence-electron chi connectivity index (χ1n) is 8.46. The van der Waals surface area contributed by atoms with Gasteiger partial charge in [-0.1, -0.05) is 19.1 Å². The number of nitrogens with one attached hydrogen (secondary N) is 1. The molecule has 2 aromatic rings. The highest BCUT2D eigenvalue weighted by atomic mass is 16.5. The van der Waals surface area contributed by atoms with Gasteiger partial charge in [-0.3, -0.25) is 4.79 Å². The molecule has 0 radical (unpaired) electrons. The SMILES string of the molecule is CCOC(=O)c1cccc(NC(=O)[C@@H](CC)Oc2cccc(OC)c2)c1. The van der Waals surface area contributed by atoms with Crippen molar-refractivity contribution >= 4 is 17.6 Å². The minimum atomic E-state index is -0.673. The zero-order chi connectivity index (χ0) is 18.9. The van der Waals surface area contributed by atoms with E-state index in [2.05, 4.69) is 5.32 Å². The molecule has 0 fully saturated rings. The lowest BCUT2D eigenvalue weighted by atomic mass is 10.2. The van der Waals surface area contributed by atoms with E-state index in [9.17, 15) is 9.59 Å². The van der Waals surface area contributed by atoms with Crippen molar-refractivity contribution in [2.24, 2.45) is 0 Å². The molecule has 0 aliphatic carbocycles. The molecule has 0 saturated carbocycles. The first-order valence-corrected chi connectivity index (χ1v) is 8.46. The normalized spacial score (nSPS) is 11.3. The van der Waals surface area contributed by atoms with Gasteiger partial charge in [0.1, 0.15) is 11.5 Å². The van der Waals surface area contributed by atoms with Gasteiger partial charge in [-0.25, -0.2) is 4.79 Å². The molecule has 2 aromatic carbocycles. The van der Waals surface area contributed by atoms with Gasteiger partial charge in [0.2, 0.25) is 0 Å². The van der Waals surface area contributed by atoms with Crippen LogP contribution in [0.2, 0.25) is 0 Å². The molecular weight excluding hydrogens is 334 g/mol. The van der Waals surface area contributed by atoms with Crippen molar-refractivity contribution in [1.82, 2.24) is 0 Å². The first-order chi connectivity index (χ1) is 12.6. The molecule has 1 amide bonds. The summed E-state index contributed by atoms with van der Waals surface area (Å²) >= 11 is 0. The van der Waals surface area contributed by atoms with Crippen LogP contribution >= 0.6 is 0 Å². The predicted octanol–water partition coefficient (Wildman–Crippen LogP) is 3.67. The number of methoxy groups -OCH3 is 1. The topological polar surface area (TPSA) is 73.9 Å². The summed E-state index contributed by atoms with van der Waals surface area (Å²) in [7, 11) is 1.57. The van der Waals surface area contributed by atoms with Crippen LogP contribution in [0.4, 0.5) is 5.69 Å². The van der Waals surface area contributed by atoms with Crippen LogP contribution in [0.3, 0.4) is 0 Å². The Kier molecular flexibility index (Phi) is 7.02. The standard InChI is InChI=1S/C20H23NO5/c1-4-18(26-17-11-7-10-16(13-17)24-3)19(22)21-15-9-6-8-14(12-15)20(23)25-5-2/h6-13,18H,4-5H2,1-3H3,(H,21,22)/t18-/m1/s1. The summed E-state index contributed by atoms with van der Waals surface area (Å²) < 4.78 is 15.9. The highest BCUT2D eigenvalue weighted by Crippen LogP contribution is 2.21. The molecule has 2 rings (SSSR count). The Hall–Kier alpha value is -3.02. The Bertz CT molecular complexity index is 759. The number of hydrogen-bond acceptors (Lipinski definition) is 5. The predicted molar refractivity (Wildman–Crippen MR) is 98.7 cm³/mol. The molecule has 0 aliphatic rings. The second-order valence-electron chi connectivity index (χ2n) is 5.48. The van der Waals surface area contributed by atoms with Crippen LogP contribution in [0, 0.1) is 0 Å². The van der Waals surface area contributed by atoms with E-state index < -0.39 is 12.1 Å². The first kappa shape index (κ1) is 19.3. The van der Waals surface area contributed by atoms with Gasteiger partial charge in [0.15, 0.2) is 6.10 Å². The fraction of sp³-hybridized carbons (Fsp3) is 0.300. The van der Waals surface area contributed by atoms with E-state index in [0.717, 1.165) is 0 Å². The number of hydrogen-bond donors (Lipinski definition) is 1. The molecule has 0 heterocycles. The summed E-state index contributed by atoms with van der Waals surface area (Å²) in [5, 5.41) is 2.78. The Balaban J connectivity index is 2.06. The van der Waals surface area contributed by atoms with Gasteiger partial charge in [-0.05, 0) is 43.7 Å². The average Bonchev–Trinajstić information content (AvgIpc) is 2.66. The third-order valence-electron chi connectivity index (χ3n) is 3.62. The van der Waals surface area contributed by atoms with Crippen molar-refractivity contribution in [2.75, 3.05) is 19.0 Å². The lowest BCUT2D eigenvalue weighted by Crippen LogP contribution is -2.32. The van der Waals surface area contributed by atoms with E-state index in [0.29, 0.717) is 35.8 Å². The monoisotopic (exact) mass is 357 g/mol. The largest absolute Gasteiger partial charge is 0.497 e. The molecule has 0 unspecified atom stereocenters. The third kappa shape index (κ3) is 5.24. The van der Waals surface area contributed by atoms with Crippen molar-refractivity contribution in [1.29, 1.82) is 0 Å². The van der Waals surface area contributed by atoms with Crippen LogP contribution in [0.5, 0.6) is 11.5 Å². The molecule has 26 heavy (non-hydrogen) atoms. The molecule has 0 saturated heterocycles. The number of esters is 1. The third-order valence-corrected chi connectivity index (χ3v) is 3.62. The Morgan fingerprint density at radius 1 is 1.04 bits per heavy atom. The Labute approximate surface area is 153 Å². The van der Waals surface area contributed by atoms with E-state index in [1.165, 1.54) is 0 Å². The van der Waals surface area contributed by atoms with E-state index in [1.54, 1.807) is 62.6 Å². The van der Waals surface area contributed by atoms with Crippen LogP contribution in [-0.4, -0.2) is 31.7 Å². The summed E-state index contributed by atoms with van der Waals surface area (Å²) in [6.45, 7) is 3.90.